The van der Waals surface area contributed by atoms with Crippen molar-refractivity contribution in [1.82, 2.24) is 19.7 Å². The number of rotatable bonds is 8. The number of hydrogen-bond donors (Lipinski definition) is 2. The van der Waals surface area contributed by atoms with Crippen molar-refractivity contribution >= 4 is 44.5 Å². The van der Waals surface area contributed by atoms with Gasteiger partial charge in [0.05, 0.1) is 30.8 Å². The van der Waals surface area contributed by atoms with Crippen LogP contribution >= 0.6 is 22.6 Å². The highest BCUT2D eigenvalue weighted by atomic mass is 127. The largest absolute Gasteiger partial charge is 0.467 e. The first-order valence-electron chi connectivity index (χ1n) is 7.74. The van der Waals surface area contributed by atoms with E-state index in [0.29, 0.717) is 5.82 Å². The van der Waals surface area contributed by atoms with E-state index in [1.807, 2.05) is 22.6 Å². The summed E-state index contributed by atoms with van der Waals surface area (Å²) in [5.41, 5.74) is 0.186. The highest BCUT2D eigenvalue weighted by Gasteiger charge is 2.22. The first-order valence-corrected chi connectivity index (χ1v) is 10.3. The normalized spacial score (nSPS) is 11.1. The van der Waals surface area contributed by atoms with E-state index in [0.717, 1.165) is 0 Å². The van der Waals surface area contributed by atoms with E-state index < -0.39 is 16.0 Å². The molecule has 1 heterocycles. The molecule has 0 amide bonds. The van der Waals surface area contributed by atoms with Crippen LogP contribution in [0.4, 0.5) is 5.95 Å². The van der Waals surface area contributed by atoms with Gasteiger partial charge in [0.2, 0.25) is 16.0 Å². The monoisotopic (exact) mass is 507 g/mol. The van der Waals surface area contributed by atoms with Gasteiger partial charge < -0.3 is 14.8 Å². The van der Waals surface area contributed by atoms with Crippen LogP contribution in [0.2, 0.25) is 0 Å². The van der Waals surface area contributed by atoms with Gasteiger partial charge in [-0.3, -0.25) is 0 Å². The molecule has 10 nitrogen and oxygen atoms in total. The first kappa shape index (κ1) is 21.2. The van der Waals surface area contributed by atoms with Gasteiger partial charge in [0, 0.05) is 3.57 Å². The molecule has 1 aromatic carbocycles. The van der Waals surface area contributed by atoms with Crippen molar-refractivity contribution in [3.63, 3.8) is 0 Å². The molecule has 12 heteroatoms. The summed E-state index contributed by atoms with van der Waals surface area (Å²) in [6.45, 7) is 3.36. The molecule has 0 aliphatic heterocycles. The fourth-order valence-electron chi connectivity index (χ4n) is 2.00. The number of benzene rings is 1. The van der Waals surface area contributed by atoms with E-state index in [1.165, 1.54) is 25.3 Å². The number of nitrogens with zero attached hydrogens (tertiary/aromatic N) is 3. The van der Waals surface area contributed by atoms with Crippen LogP contribution in [0.5, 0.6) is 6.01 Å². The summed E-state index contributed by atoms with van der Waals surface area (Å²) in [6, 6.07) is 4.51. The Hall–Kier alpha value is -2.06. The average Bonchev–Trinajstić information content (AvgIpc) is 2.61. The molecule has 0 aliphatic carbocycles. The van der Waals surface area contributed by atoms with Crippen molar-refractivity contribution in [2.24, 2.45) is 0 Å². The Bertz CT molecular complexity index is 938. The molecule has 2 aromatic rings. The highest BCUT2D eigenvalue weighted by molar-refractivity contribution is 14.1. The number of nitrogens with one attached hydrogen (secondary N) is 2. The summed E-state index contributed by atoms with van der Waals surface area (Å²) >= 11 is 1.81. The SMILES string of the molecule is CCOC(=O)c1cccc(S(=O)(=O)NCNc2nc(C)nc(OC)n2)c1I. The van der Waals surface area contributed by atoms with Gasteiger partial charge in [-0.15, -0.1) is 0 Å². The molecule has 2 rings (SSSR count). The molecular formula is C15H18IN5O5S. The van der Waals surface area contributed by atoms with E-state index >= 15 is 0 Å². The van der Waals surface area contributed by atoms with E-state index in [1.54, 1.807) is 13.8 Å². The zero-order chi connectivity index (χ0) is 20.0. The van der Waals surface area contributed by atoms with Gasteiger partial charge in [-0.05, 0) is 48.6 Å². The zero-order valence-electron chi connectivity index (χ0n) is 14.8. The van der Waals surface area contributed by atoms with Crippen LogP contribution in [0.25, 0.3) is 0 Å². The lowest BCUT2D eigenvalue weighted by Crippen LogP contribution is -2.30. The van der Waals surface area contributed by atoms with Crippen LogP contribution in [0, 0.1) is 10.5 Å². The molecule has 146 valence electrons. The lowest BCUT2D eigenvalue weighted by molar-refractivity contribution is 0.0524. The third-order valence-corrected chi connectivity index (χ3v) is 6.14. The summed E-state index contributed by atoms with van der Waals surface area (Å²) in [6.07, 6.45) is 0. The highest BCUT2D eigenvalue weighted by Crippen LogP contribution is 2.22. The number of aryl methyl sites for hydroxylation is 1. The van der Waals surface area contributed by atoms with E-state index in [-0.39, 0.29) is 39.3 Å². The fourth-order valence-corrected chi connectivity index (χ4v) is 4.47. The number of aromatic nitrogens is 3. The van der Waals surface area contributed by atoms with Crippen molar-refractivity contribution in [2.75, 3.05) is 25.7 Å². The molecule has 0 radical (unpaired) electrons. The Morgan fingerprint density at radius 3 is 2.67 bits per heavy atom. The number of ether oxygens (including phenoxy) is 2. The predicted molar refractivity (Wildman–Crippen MR) is 105 cm³/mol. The molecule has 0 unspecified atom stereocenters. The number of anilines is 1. The van der Waals surface area contributed by atoms with E-state index in [9.17, 15) is 13.2 Å². The Morgan fingerprint density at radius 2 is 2.00 bits per heavy atom. The second-order valence-corrected chi connectivity index (χ2v) is 7.85. The molecule has 1 aromatic heterocycles. The first-order chi connectivity index (χ1) is 12.8. The molecule has 0 spiro atoms. The number of halogens is 1. The maximum Gasteiger partial charge on any atom is 0.339 e. The molecule has 0 bridgehead atoms. The maximum absolute atomic E-state index is 12.6. The Labute approximate surface area is 170 Å². The molecule has 2 N–H and O–H groups in total. The third kappa shape index (κ3) is 5.46. The van der Waals surface area contributed by atoms with Crippen molar-refractivity contribution in [1.29, 1.82) is 0 Å². The number of esters is 1. The van der Waals surface area contributed by atoms with Crippen LogP contribution in [-0.4, -0.2) is 49.7 Å². The van der Waals surface area contributed by atoms with Crippen molar-refractivity contribution in [2.45, 2.75) is 18.7 Å². The Morgan fingerprint density at radius 1 is 1.26 bits per heavy atom. The number of carbonyl (C=O) groups excluding carboxylic acids is 1. The van der Waals surface area contributed by atoms with Gasteiger partial charge in [-0.2, -0.15) is 19.7 Å². The molecule has 0 atom stereocenters. The lowest BCUT2D eigenvalue weighted by atomic mass is 10.2. The van der Waals surface area contributed by atoms with Crippen LogP contribution in [-0.2, 0) is 14.8 Å². The van der Waals surface area contributed by atoms with Gasteiger partial charge in [-0.1, -0.05) is 6.07 Å². The molecule has 0 fully saturated rings. The minimum atomic E-state index is -3.89. The van der Waals surface area contributed by atoms with Gasteiger partial charge in [-0.25, -0.2) is 13.2 Å². The standard InChI is InChI=1S/C15H18IN5O5S/c1-4-26-13(22)10-6-5-7-11(12(10)16)27(23,24)18-8-17-14-19-9(2)20-15(21-14)25-3/h5-7,18H,4,8H2,1-3H3,(H,17,19,20,21). The topological polar surface area (TPSA) is 132 Å². The van der Waals surface area contributed by atoms with Crippen LogP contribution in [0.3, 0.4) is 0 Å². The van der Waals surface area contributed by atoms with Gasteiger partial charge in [0.25, 0.3) is 0 Å². The number of methoxy groups -OCH3 is 1. The van der Waals surface area contributed by atoms with Gasteiger partial charge in [0.1, 0.15) is 5.82 Å². The zero-order valence-corrected chi connectivity index (χ0v) is 17.8. The summed E-state index contributed by atoms with van der Waals surface area (Å²) in [5.74, 6) is 0.00532. The summed E-state index contributed by atoms with van der Waals surface area (Å²) in [7, 11) is -2.47. The summed E-state index contributed by atoms with van der Waals surface area (Å²) in [4.78, 5) is 23.9. The number of carbonyl (C=O) groups is 1. The second-order valence-electron chi connectivity index (χ2n) is 5.03. The molecule has 27 heavy (non-hydrogen) atoms. The van der Waals surface area contributed by atoms with Crippen LogP contribution < -0.4 is 14.8 Å². The molecule has 0 saturated carbocycles. The molecule has 0 saturated heterocycles. The van der Waals surface area contributed by atoms with Gasteiger partial charge in [0.15, 0.2) is 0 Å². The van der Waals surface area contributed by atoms with Crippen molar-refractivity contribution in [3.05, 3.63) is 33.2 Å². The van der Waals surface area contributed by atoms with Crippen molar-refractivity contribution < 1.29 is 22.7 Å². The Balaban J connectivity index is 2.14. The maximum atomic E-state index is 12.6. The Kier molecular flexibility index (Phi) is 7.26. The molecule has 0 aliphatic rings. The predicted octanol–water partition coefficient (Wildman–Crippen LogP) is 1.32. The quantitative estimate of drug-likeness (QED) is 0.308. The van der Waals surface area contributed by atoms with Crippen LogP contribution in [0.15, 0.2) is 23.1 Å². The number of hydrogen-bond acceptors (Lipinski definition) is 9. The van der Waals surface area contributed by atoms with Crippen molar-refractivity contribution in [3.8, 4) is 6.01 Å². The average molecular weight is 507 g/mol. The van der Waals surface area contributed by atoms with Gasteiger partial charge >= 0.3 is 12.0 Å². The lowest BCUT2D eigenvalue weighted by Gasteiger charge is -2.12. The third-order valence-electron chi connectivity index (χ3n) is 3.17. The van der Waals surface area contributed by atoms with E-state index in [4.69, 9.17) is 9.47 Å². The smallest absolute Gasteiger partial charge is 0.339 e. The number of sulfonamides is 1. The summed E-state index contributed by atoms with van der Waals surface area (Å²) in [5, 5.41) is 2.74. The minimum absolute atomic E-state index is 0.0279. The summed E-state index contributed by atoms with van der Waals surface area (Å²) < 4.78 is 37.7. The van der Waals surface area contributed by atoms with E-state index in [2.05, 4.69) is 25.0 Å². The fraction of sp³-hybridized carbons (Fsp3) is 0.333. The second kappa shape index (κ2) is 9.23. The minimum Gasteiger partial charge on any atom is -0.467 e. The molecular weight excluding hydrogens is 489 g/mol. The van der Waals surface area contributed by atoms with Crippen LogP contribution in [0.1, 0.15) is 23.1 Å².